The first kappa shape index (κ1) is 13.5. The lowest BCUT2D eigenvalue weighted by atomic mass is 10.1. The Labute approximate surface area is 115 Å². The van der Waals surface area contributed by atoms with Crippen LogP contribution in [0.25, 0.3) is 9.40 Å². The third-order valence-electron chi connectivity index (χ3n) is 2.89. The molecule has 98 valence electrons. The van der Waals surface area contributed by atoms with Gasteiger partial charge in [-0.2, -0.15) is 0 Å². The molecular formula is C13H18N2OS2. The second kappa shape index (κ2) is 6.31. The van der Waals surface area contributed by atoms with Gasteiger partial charge in [-0.15, -0.1) is 22.7 Å². The van der Waals surface area contributed by atoms with E-state index in [1.165, 1.54) is 9.40 Å². The Morgan fingerprint density at radius 3 is 3.00 bits per heavy atom. The topological polar surface area (TPSA) is 55.1 Å². The normalized spacial score (nSPS) is 12.8. The monoisotopic (exact) mass is 282 g/mol. The Bertz CT molecular complexity index is 489. The molecule has 2 aromatic rings. The molecule has 0 aliphatic carbocycles. The summed E-state index contributed by atoms with van der Waals surface area (Å²) >= 11 is 3.22. The van der Waals surface area contributed by atoms with Crippen LogP contribution in [0.15, 0.2) is 17.5 Å². The largest absolute Gasteiger partial charge is 0.347 e. The van der Waals surface area contributed by atoms with Crippen LogP contribution in [0.3, 0.4) is 0 Å². The first-order chi connectivity index (χ1) is 8.74. The fraction of sp³-hybridized carbons (Fsp3) is 0.462. The van der Waals surface area contributed by atoms with E-state index < -0.39 is 0 Å². The highest BCUT2D eigenvalue weighted by Gasteiger charge is 2.14. The van der Waals surface area contributed by atoms with Gasteiger partial charge in [0.15, 0.2) is 0 Å². The van der Waals surface area contributed by atoms with E-state index >= 15 is 0 Å². The highest BCUT2D eigenvalue weighted by atomic mass is 32.1. The third kappa shape index (κ3) is 3.10. The van der Waals surface area contributed by atoms with Crippen LogP contribution >= 0.6 is 22.7 Å². The minimum Gasteiger partial charge on any atom is -0.347 e. The van der Waals surface area contributed by atoms with E-state index in [-0.39, 0.29) is 11.9 Å². The zero-order valence-corrected chi connectivity index (χ0v) is 12.1. The van der Waals surface area contributed by atoms with Crippen LogP contribution in [0.2, 0.25) is 0 Å². The molecule has 0 aromatic carbocycles. The number of nitrogens with one attached hydrogen (secondary N) is 1. The quantitative estimate of drug-likeness (QED) is 0.854. The van der Waals surface area contributed by atoms with E-state index in [0.29, 0.717) is 6.54 Å². The lowest BCUT2D eigenvalue weighted by Gasteiger charge is -2.15. The summed E-state index contributed by atoms with van der Waals surface area (Å²) in [5, 5.41) is 5.07. The van der Waals surface area contributed by atoms with Gasteiger partial charge in [0.05, 0.1) is 4.88 Å². The molecule has 0 bridgehead atoms. The van der Waals surface area contributed by atoms with Gasteiger partial charge in [0.25, 0.3) is 5.91 Å². The maximum atomic E-state index is 12.1. The zero-order chi connectivity index (χ0) is 13.0. The molecule has 1 unspecified atom stereocenters. The minimum absolute atomic E-state index is 0.00922. The van der Waals surface area contributed by atoms with Crippen molar-refractivity contribution in [2.45, 2.75) is 32.2 Å². The molecule has 2 aromatic heterocycles. The van der Waals surface area contributed by atoms with Crippen molar-refractivity contribution in [2.24, 2.45) is 5.73 Å². The summed E-state index contributed by atoms with van der Waals surface area (Å²) in [6, 6.07) is 4.12. The number of thiophene rings is 2. The lowest BCUT2D eigenvalue weighted by Crippen LogP contribution is -2.39. The van der Waals surface area contributed by atoms with Crippen LogP contribution in [-0.2, 0) is 0 Å². The molecule has 3 N–H and O–H groups in total. The van der Waals surface area contributed by atoms with Crippen molar-refractivity contribution >= 4 is 38.0 Å². The van der Waals surface area contributed by atoms with E-state index in [1.54, 1.807) is 22.7 Å². The van der Waals surface area contributed by atoms with Crippen molar-refractivity contribution in [3.63, 3.8) is 0 Å². The molecule has 3 nitrogen and oxygen atoms in total. The van der Waals surface area contributed by atoms with E-state index in [1.807, 2.05) is 11.4 Å². The van der Waals surface area contributed by atoms with E-state index in [2.05, 4.69) is 18.3 Å². The number of carbonyl (C=O) groups is 1. The Balaban J connectivity index is 2.00. The number of amides is 1. The highest BCUT2D eigenvalue weighted by molar-refractivity contribution is 7.27. The van der Waals surface area contributed by atoms with Gasteiger partial charge in [-0.05, 0) is 23.9 Å². The molecule has 0 fully saturated rings. The summed E-state index contributed by atoms with van der Waals surface area (Å²) < 4.78 is 2.37. The predicted molar refractivity (Wildman–Crippen MR) is 79.5 cm³/mol. The Morgan fingerprint density at radius 1 is 1.50 bits per heavy atom. The lowest BCUT2D eigenvalue weighted by molar-refractivity contribution is 0.0940. The maximum absolute atomic E-state index is 12.1. The summed E-state index contributed by atoms with van der Waals surface area (Å²) in [5.74, 6) is 0.00922. The molecule has 2 rings (SSSR count). The van der Waals surface area contributed by atoms with E-state index in [0.717, 1.165) is 24.1 Å². The first-order valence-electron chi connectivity index (χ1n) is 6.22. The van der Waals surface area contributed by atoms with Gasteiger partial charge in [-0.25, -0.2) is 0 Å². The van der Waals surface area contributed by atoms with E-state index in [4.69, 9.17) is 5.73 Å². The molecule has 1 atom stereocenters. The number of hydrogen-bond acceptors (Lipinski definition) is 4. The van der Waals surface area contributed by atoms with Crippen LogP contribution in [0.4, 0.5) is 0 Å². The summed E-state index contributed by atoms with van der Waals surface area (Å²) in [5.41, 5.74) is 5.69. The fourth-order valence-corrected chi connectivity index (χ4v) is 3.85. The second-order valence-corrected chi connectivity index (χ2v) is 6.34. The van der Waals surface area contributed by atoms with Gasteiger partial charge in [-0.1, -0.05) is 19.8 Å². The van der Waals surface area contributed by atoms with Crippen LogP contribution in [0, 0.1) is 0 Å². The number of hydrogen-bond donors (Lipinski definition) is 2. The first-order valence-corrected chi connectivity index (χ1v) is 7.92. The molecule has 0 radical (unpaired) electrons. The van der Waals surface area contributed by atoms with Crippen LogP contribution in [-0.4, -0.2) is 18.5 Å². The summed E-state index contributed by atoms with van der Waals surface area (Å²) in [6.07, 6.45) is 3.18. The van der Waals surface area contributed by atoms with Gasteiger partial charge in [0.2, 0.25) is 0 Å². The minimum atomic E-state index is 0.00922. The number of nitrogens with two attached hydrogens (primary N) is 1. The Hall–Kier alpha value is -0.910. The van der Waals surface area contributed by atoms with E-state index in [9.17, 15) is 4.79 Å². The SMILES string of the molecule is CCCCC(CN)NC(=O)c1cc2sccc2s1. The average Bonchev–Trinajstić information content (AvgIpc) is 2.94. The molecule has 0 saturated carbocycles. The van der Waals surface area contributed by atoms with Gasteiger partial charge in [0.1, 0.15) is 0 Å². The molecule has 0 aliphatic rings. The van der Waals surface area contributed by atoms with Crippen molar-refractivity contribution in [3.05, 3.63) is 22.4 Å². The second-order valence-electron chi connectivity index (χ2n) is 4.31. The molecule has 0 spiro atoms. The van der Waals surface area contributed by atoms with Crippen LogP contribution in [0.5, 0.6) is 0 Å². The van der Waals surface area contributed by atoms with Crippen molar-refractivity contribution in [1.82, 2.24) is 5.32 Å². The predicted octanol–water partition coefficient (Wildman–Crippen LogP) is 3.21. The molecule has 2 heterocycles. The van der Waals surface area contributed by atoms with Crippen molar-refractivity contribution in [1.29, 1.82) is 0 Å². The highest BCUT2D eigenvalue weighted by Crippen LogP contribution is 2.29. The molecule has 0 saturated heterocycles. The van der Waals surface area contributed by atoms with Crippen molar-refractivity contribution in [3.8, 4) is 0 Å². The molecule has 0 aliphatic heterocycles. The molecule has 1 amide bonds. The third-order valence-corrected chi connectivity index (χ3v) is 4.98. The van der Waals surface area contributed by atoms with Gasteiger partial charge in [-0.3, -0.25) is 4.79 Å². The zero-order valence-electron chi connectivity index (χ0n) is 10.4. The Morgan fingerprint density at radius 2 is 2.33 bits per heavy atom. The maximum Gasteiger partial charge on any atom is 0.261 e. The molecular weight excluding hydrogens is 264 g/mol. The fourth-order valence-electron chi connectivity index (χ4n) is 1.83. The summed E-state index contributed by atoms with van der Waals surface area (Å²) in [6.45, 7) is 2.65. The number of fused-ring (bicyclic) bond motifs is 1. The number of carbonyl (C=O) groups excluding carboxylic acids is 1. The van der Waals surface area contributed by atoms with Crippen LogP contribution in [0.1, 0.15) is 35.9 Å². The van der Waals surface area contributed by atoms with Gasteiger partial charge < -0.3 is 11.1 Å². The standard InChI is InChI=1S/C13H18N2OS2/c1-2-3-4-9(8-14)15-13(16)12-7-11-10(18-12)5-6-17-11/h5-7,9H,2-4,8,14H2,1H3,(H,15,16). The number of rotatable bonds is 6. The van der Waals surface area contributed by atoms with Gasteiger partial charge in [0, 0.05) is 22.0 Å². The van der Waals surface area contributed by atoms with Crippen LogP contribution < -0.4 is 11.1 Å². The summed E-state index contributed by atoms with van der Waals surface area (Å²) in [7, 11) is 0. The number of unbranched alkanes of at least 4 members (excludes halogenated alkanes) is 1. The molecule has 18 heavy (non-hydrogen) atoms. The smallest absolute Gasteiger partial charge is 0.261 e. The Kier molecular flexibility index (Phi) is 4.74. The summed E-state index contributed by atoms with van der Waals surface area (Å²) in [4.78, 5) is 12.9. The van der Waals surface area contributed by atoms with Crippen molar-refractivity contribution < 1.29 is 4.79 Å². The van der Waals surface area contributed by atoms with Crippen molar-refractivity contribution in [2.75, 3.05) is 6.54 Å². The molecule has 5 heteroatoms. The average molecular weight is 282 g/mol. The van der Waals surface area contributed by atoms with Gasteiger partial charge >= 0.3 is 0 Å².